The monoisotopic (exact) mass is 812 g/mol. The van der Waals surface area contributed by atoms with Crippen LogP contribution in [0.2, 0.25) is 0 Å². The first kappa shape index (κ1) is 45.5. The fraction of sp³-hybridized carbons (Fsp3) is 0.378. The molecule has 0 aliphatic heterocycles. The third-order valence-corrected chi connectivity index (χ3v) is 9.62. The van der Waals surface area contributed by atoms with Gasteiger partial charge in [-0.1, -0.05) is 120 Å². The van der Waals surface area contributed by atoms with Crippen molar-refractivity contribution in [1.29, 1.82) is 0 Å². The Morgan fingerprint density at radius 1 is 0.442 bits per heavy atom. The Morgan fingerprint density at radius 3 is 1.08 bits per heavy atom. The van der Waals surface area contributed by atoms with E-state index in [4.69, 9.17) is 60.0 Å². The van der Waals surface area contributed by atoms with Crippen LogP contribution < -0.4 is 9.47 Å². The fourth-order valence-corrected chi connectivity index (χ4v) is 6.61. The van der Waals surface area contributed by atoms with Gasteiger partial charge in [0.25, 0.3) is 0 Å². The summed E-state index contributed by atoms with van der Waals surface area (Å²) in [5.41, 5.74) is 6.66. The molecule has 0 aliphatic carbocycles. The average molecular weight is 814 g/mol. The van der Waals surface area contributed by atoms with Gasteiger partial charge >= 0.3 is 0 Å². The number of ether oxygens (including phenoxy) is 2. The van der Waals surface area contributed by atoms with Crippen molar-refractivity contribution < 1.29 is 26.0 Å². The molecule has 0 amide bonds. The number of benzene rings is 4. The number of rotatable bonds is 6. The van der Waals surface area contributed by atoms with Gasteiger partial charge in [-0.05, 0) is 105 Å². The number of hydrogen-bond donors (Lipinski definition) is 0. The van der Waals surface area contributed by atoms with E-state index in [2.05, 4.69) is 59.7 Å². The van der Waals surface area contributed by atoms with E-state index < -0.39 is 0 Å². The van der Waals surface area contributed by atoms with Crippen LogP contribution in [-0.4, -0.2) is 11.2 Å². The van der Waals surface area contributed by atoms with E-state index in [-0.39, 0.29) is 38.5 Å². The van der Waals surface area contributed by atoms with Crippen LogP contribution in [-0.2, 0) is 77.8 Å². The van der Waals surface area contributed by atoms with Gasteiger partial charge < -0.3 is 60.0 Å². The predicted octanol–water partition coefficient (Wildman–Crippen LogP) is 12.5. The number of aryl methyl sites for hydroxylation is 1. The minimum atomic E-state index is -0.370. The first-order valence-corrected chi connectivity index (χ1v) is 19.0. The minimum absolute atomic E-state index is 0. The molecule has 0 fully saturated rings. The van der Waals surface area contributed by atoms with Crippen LogP contribution in [0, 0.1) is 6.92 Å². The third-order valence-electron chi connectivity index (χ3n) is 7.66. The van der Waals surface area contributed by atoms with Crippen LogP contribution in [0.5, 0.6) is 11.5 Å². The van der Waals surface area contributed by atoms with Gasteiger partial charge in [-0.2, -0.15) is 19.6 Å². The van der Waals surface area contributed by atoms with Crippen molar-refractivity contribution in [2.45, 2.75) is 112 Å². The van der Waals surface area contributed by atoms with Gasteiger partial charge in [0, 0.05) is 22.1 Å². The maximum absolute atomic E-state index is 6.25. The smallest absolute Gasteiger partial charge is 0.129 e. The maximum atomic E-state index is 6.25. The second-order valence-electron chi connectivity index (χ2n) is 16.8. The van der Waals surface area contributed by atoms with E-state index in [0.29, 0.717) is 21.3 Å². The fourth-order valence-electron chi connectivity index (χ4n) is 5.48. The molecule has 0 heterocycles. The molecule has 284 valence electrons. The molecule has 4 aromatic rings. The molecule has 0 saturated heterocycles. The summed E-state index contributed by atoms with van der Waals surface area (Å²) >= 11 is 23.2. The van der Waals surface area contributed by atoms with Crippen LogP contribution in [0.4, 0.5) is 0 Å². The summed E-state index contributed by atoms with van der Waals surface area (Å²) in [6.45, 7) is 27.5. The zero-order valence-electron chi connectivity index (χ0n) is 32.9. The van der Waals surface area contributed by atoms with Gasteiger partial charge in [0.05, 0.1) is 0 Å². The standard InChI is InChI=1S/C23H30O2S2.C22H28S2.Ni/c1-15-13-17(24-22(2,3)4)19(18(14-15)25-23(5,6)7)21(27)20(26)16-11-9-8-10-12-16;1-21(2,3)16-13-10-14-17(22(4,5)6)18(16)20(24)19(23)15-11-8-7-9-12-15;/h8-14,26-27H,1-7H3;7-14,23-24H,1-6H3;/p-4/b21-20-;20-19-;. The molecule has 0 aromatic heterocycles. The second kappa shape index (κ2) is 18.1. The Morgan fingerprint density at radius 2 is 0.769 bits per heavy atom. The first-order valence-electron chi connectivity index (χ1n) is 17.4. The maximum Gasteiger partial charge on any atom is 0.129 e. The normalized spacial score (nSPS) is 13.1. The van der Waals surface area contributed by atoms with Crippen molar-refractivity contribution >= 4 is 70.1 Å². The largest absolute Gasteiger partial charge is 0.781 e. The molecular formula is C45H54NiO2S4-4. The second-order valence-corrected chi connectivity index (χ2v) is 18.5. The molecule has 2 nitrogen and oxygen atoms in total. The molecule has 0 N–H and O–H groups in total. The molecule has 0 radical (unpaired) electrons. The first-order chi connectivity index (χ1) is 23.4. The Hall–Kier alpha value is -2.67. The Bertz CT molecular complexity index is 1780. The molecule has 0 saturated carbocycles. The van der Waals surface area contributed by atoms with Crippen LogP contribution in [0.25, 0.3) is 19.6 Å². The van der Waals surface area contributed by atoms with E-state index in [1.54, 1.807) is 0 Å². The molecule has 4 aromatic carbocycles. The molecule has 4 rings (SSSR count). The van der Waals surface area contributed by atoms with Gasteiger partial charge in [0.2, 0.25) is 0 Å². The average Bonchev–Trinajstić information content (AvgIpc) is 3.01. The molecule has 0 spiro atoms. The van der Waals surface area contributed by atoms with Crippen molar-refractivity contribution in [3.05, 3.63) is 130 Å². The SMILES string of the molecule is CC(C)(C)c1cccc(C(C)(C)C)c1/C([S-])=C(/[S-])c1ccccc1.Cc1cc(OC(C)(C)C)c(/C([S-])=C(/[S-])c2ccccc2)c(OC(C)(C)C)c1.[Ni]. The summed E-state index contributed by atoms with van der Waals surface area (Å²) in [7, 11) is 0. The summed E-state index contributed by atoms with van der Waals surface area (Å²) in [5, 5.41) is 0. The quantitative estimate of drug-likeness (QED) is 0.109. The topological polar surface area (TPSA) is 18.5 Å². The zero-order chi connectivity index (χ0) is 38.5. The Kier molecular flexibility index (Phi) is 15.8. The molecule has 0 unspecified atom stereocenters. The Balaban J connectivity index is 0.000000356. The minimum Gasteiger partial charge on any atom is -0.781 e. The Labute approximate surface area is 347 Å². The van der Waals surface area contributed by atoms with Crippen LogP contribution >= 0.6 is 0 Å². The third kappa shape index (κ3) is 12.7. The summed E-state index contributed by atoms with van der Waals surface area (Å²) in [4.78, 5) is 2.72. The number of hydrogen-bond acceptors (Lipinski definition) is 6. The van der Waals surface area contributed by atoms with E-state index >= 15 is 0 Å². The molecular weight excluding hydrogens is 759 g/mol. The van der Waals surface area contributed by atoms with Crippen LogP contribution in [0.15, 0.2) is 91.0 Å². The van der Waals surface area contributed by atoms with E-state index in [1.165, 1.54) is 11.1 Å². The van der Waals surface area contributed by atoms with Crippen molar-refractivity contribution in [2.24, 2.45) is 0 Å². The molecule has 0 bridgehead atoms. The van der Waals surface area contributed by atoms with Crippen molar-refractivity contribution in [2.75, 3.05) is 0 Å². The van der Waals surface area contributed by atoms with Crippen molar-refractivity contribution in [3.63, 3.8) is 0 Å². The predicted molar refractivity (Wildman–Crippen MR) is 232 cm³/mol. The van der Waals surface area contributed by atoms with Crippen molar-refractivity contribution in [1.82, 2.24) is 0 Å². The molecule has 52 heavy (non-hydrogen) atoms. The van der Waals surface area contributed by atoms with Crippen LogP contribution in [0.1, 0.15) is 122 Å². The zero-order valence-corrected chi connectivity index (χ0v) is 37.2. The van der Waals surface area contributed by atoms with Crippen LogP contribution in [0.3, 0.4) is 0 Å². The summed E-state index contributed by atoms with van der Waals surface area (Å²) in [6, 6.07) is 30.4. The van der Waals surface area contributed by atoms with Gasteiger partial charge in [0.15, 0.2) is 0 Å². The van der Waals surface area contributed by atoms with Gasteiger partial charge in [0.1, 0.15) is 22.7 Å². The van der Waals surface area contributed by atoms with E-state index in [1.807, 2.05) is 121 Å². The van der Waals surface area contributed by atoms with E-state index in [9.17, 15) is 0 Å². The van der Waals surface area contributed by atoms with Gasteiger partial charge in [-0.15, -0.1) is 0 Å². The van der Waals surface area contributed by atoms with Crippen molar-refractivity contribution in [3.8, 4) is 11.5 Å². The summed E-state index contributed by atoms with van der Waals surface area (Å²) < 4.78 is 12.5. The molecule has 0 atom stereocenters. The molecule has 0 aliphatic rings. The molecule has 7 heteroatoms. The van der Waals surface area contributed by atoms with E-state index in [0.717, 1.165) is 37.6 Å². The van der Waals surface area contributed by atoms with Gasteiger partial charge in [-0.3, -0.25) is 0 Å². The summed E-state index contributed by atoms with van der Waals surface area (Å²) in [6.07, 6.45) is 0. The summed E-state index contributed by atoms with van der Waals surface area (Å²) in [5.74, 6) is 1.40. The van der Waals surface area contributed by atoms with Gasteiger partial charge in [-0.25, -0.2) is 0 Å².